The van der Waals surface area contributed by atoms with E-state index < -0.39 is 0 Å². The van der Waals surface area contributed by atoms with Crippen LogP contribution in [0.3, 0.4) is 0 Å². The van der Waals surface area contributed by atoms with Crippen molar-refractivity contribution in [3.8, 4) is 5.75 Å². The summed E-state index contributed by atoms with van der Waals surface area (Å²) in [6.07, 6.45) is 3.94. The van der Waals surface area contributed by atoms with Gasteiger partial charge in [-0.15, -0.1) is 0 Å². The van der Waals surface area contributed by atoms with Crippen LogP contribution < -0.4 is 10.1 Å². The molecular formula is C19H30N2O3. The second kappa shape index (κ2) is 8.92. The van der Waals surface area contributed by atoms with Gasteiger partial charge in [0.1, 0.15) is 5.75 Å². The highest BCUT2D eigenvalue weighted by Crippen LogP contribution is 2.22. The smallest absolute Gasteiger partial charge is 0.318 e. The molecule has 24 heavy (non-hydrogen) atoms. The molecule has 2 amide bonds. The second-order valence-corrected chi connectivity index (χ2v) is 6.76. The van der Waals surface area contributed by atoms with Crippen LogP contribution in [-0.4, -0.2) is 41.3 Å². The minimum Gasteiger partial charge on any atom is -0.491 e. The third-order valence-corrected chi connectivity index (χ3v) is 4.44. The van der Waals surface area contributed by atoms with Crippen molar-refractivity contribution in [3.05, 3.63) is 29.8 Å². The highest BCUT2D eigenvalue weighted by atomic mass is 16.5. The van der Waals surface area contributed by atoms with Crippen molar-refractivity contribution < 1.29 is 14.6 Å². The Morgan fingerprint density at radius 1 is 1.29 bits per heavy atom. The summed E-state index contributed by atoms with van der Waals surface area (Å²) in [5.41, 5.74) is 1.05. The normalized spacial score (nSPS) is 19.2. The first-order valence-corrected chi connectivity index (χ1v) is 8.96. The molecule has 2 atom stereocenters. The van der Waals surface area contributed by atoms with E-state index in [4.69, 9.17) is 4.74 Å². The Morgan fingerprint density at radius 3 is 2.62 bits per heavy atom. The Bertz CT molecular complexity index is 514. The number of piperidine rings is 1. The first-order chi connectivity index (χ1) is 11.5. The number of urea groups is 1. The predicted molar refractivity (Wildman–Crippen MR) is 95.2 cm³/mol. The fourth-order valence-electron chi connectivity index (χ4n) is 3.18. The molecule has 2 unspecified atom stereocenters. The average Bonchev–Trinajstić information content (AvgIpc) is 2.55. The fourth-order valence-corrected chi connectivity index (χ4v) is 3.18. The molecule has 0 aromatic heterocycles. The molecule has 2 rings (SSSR count). The largest absolute Gasteiger partial charge is 0.491 e. The van der Waals surface area contributed by atoms with Crippen LogP contribution in [0.1, 0.15) is 58.1 Å². The minimum absolute atomic E-state index is 0.0387. The van der Waals surface area contributed by atoms with Gasteiger partial charge in [-0.2, -0.15) is 0 Å². The summed E-state index contributed by atoms with van der Waals surface area (Å²) in [5, 5.41) is 12.3. The van der Waals surface area contributed by atoms with Crippen LogP contribution in [0.15, 0.2) is 24.3 Å². The molecule has 1 heterocycles. The number of hydrogen-bond donors (Lipinski definition) is 2. The Labute approximate surface area is 145 Å². The first-order valence-electron chi connectivity index (χ1n) is 8.96. The summed E-state index contributed by atoms with van der Waals surface area (Å²) in [5.74, 6) is 0.839. The summed E-state index contributed by atoms with van der Waals surface area (Å²) < 4.78 is 5.65. The number of aliphatic hydroxyl groups excluding tert-OH is 1. The number of carbonyl (C=O) groups is 1. The first kappa shape index (κ1) is 18.6. The van der Waals surface area contributed by atoms with Gasteiger partial charge < -0.3 is 20.1 Å². The Kier molecular flexibility index (Phi) is 6.91. The fraction of sp³-hybridized carbons (Fsp3) is 0.632. The second-order valence-electron chi connectivity index (χ2n) is 6.76. The molecule has 1 aliphatic rings. The van der Waals surface area contributed by atoms with Crippen LogP contribution in [0.2, 0.25) is 0 Å². The molecule has 0 radical (unpaired) electrons. The monoisotopic (exact) mass is 334 g/mol. The highest BCUT2D eigenvalue weighted by Gasteiger charge is 2.27. The summed E-state index contributed by atoms with van der Waals surface area (Å²) >= 11 is 0. The third-order valence-electron chi connectivity index (χ3n) is 4.44. The molecule has 2 N–H and O–H groups in total. The number of hydrogen-bond acceptors (Lipinski definition) is 3. The lowest BCUT2D eigenvalue weighted by Crippen LogP contribution is -2.49. The molecule has 0 saturated carbocycles. The van der Waals surface area contributed by atoms with Gasteiger partial charge in [0.05, 0.1) is 12.1 Å². The van der Waals surface area contributed by atoms with Crippen molar-refractivity contribution in [2.75, 3.05) is 13.2 Å². The van der Waals surface area contributed by atoms with Gasteiger partial charge in [0.15, 0.2) is 0 Å². The van der Waals surface area contributed by atoms with Crippen LogP contribution in [0.25, 0.3) is 0 Å². The lowest BCUT2D eigenvalue weighted by molar-refractivity contribution is 0.130. The molecule has 0 spiro atoms. The molecule has 1 aliphatic heterocycles. The average molecular weight is 334 g/mol. The van der Waals surface area contributed by atoms with E-state index in [0.29, 0.717) is 6.42 Å². The van der Waals surface area contributed by atoms with Crippen LogP contribution in [0.4, 0.5) is 4.79 Å². The summed E-state index contributed by atoms with van der Waals surface area (Å²) in [4.78, 5) is 14.5. The standard InChI is InChI=1S/C19H30N2O3/c1-14(2)24-18-9-7-16(8-10-18)15(3)20-19(23)21-12-5-4-6-17(21)11-13-22/h7-10,14-15,17,22H,4-6,11-13H2,1-3H3,(H,20,23). The maximum Gasteiger partial charge on any atom is 0.318 e. The van der Waals surface area contributed by atoms with Crippen LogP contribution >= 0.6 is 0 Å². The molecular weight excluding hydrogens is 304 g/mol. The van der Waals surface area contributed by atoms with Crippen molar-refractivity contribution in [1.29, 1.82) is 0 Å². The minimum atomic E-state index is -0.0673. The van der Waals surface area contributed by atoms with Crippen LogP contribution in [0.5, 0.6) is 5.75 Å². The SMILES string of the molecule is CC(C)Oc1ccc(C(C)NC(=O)N2CCCCC2CCO)cc1. The maximum absolute atomic E-state index is 12.6. The van der Waals surface area contributed by atoms with E-state index in [-0.39, 0.29) is 30.8 Å². The number of likely N-dealkylation sites (tertiary alicyclic amines) is 1. The van der Waals surface area contributed by atoms with Gasteiger partial charge in [-0.1, -0.05) is 12.1 Å². The van der Waals surface area contributed by atoms with Gasteiger partial charge in [0.2, 0.25) is 0 Å². The number of rotatable bonds is 6. The summed E-state index contributed by atoms with van der Waals surface area (Å²) in [7, 11) is 0. The van der Waals surface area contributed by atoms with Crippen molar-refractivity contribution in [1.82, 2.24) is 10.2 Å². The number of carbonyl (C=O) groups excluding carboxylic acids is 1. The van der Waals surface area contributed by atoms with Crippen molar-refractivity contribution in [3.63, 3.8) is 0 Å². The number of nitrogens with one attached hydrogen (secondary N) is 1. The van der Waals surface area contributed by atoms with E-state index >= 15 is 0 Å². The number of benzene rings is 1. The quantitative estimate of drug-likeness (QED) is 0.837. The third kappa shape index (κ3) is 5.13. The lowest BCUT2D eigenvalue weighted by atomic mass is 10.00. The van der Waals surface area contributed by atoms with Gasteiger partial charge in [0.25, 0.3) is 0 Å². The summed E-state index contributed by atoms with van der Waals surface area (Å²) in [6, 6.07) is 7.90. The van der Waals surface area contributed by atoms with Crippen LogP contribution in [0, 0.1) is 0 Å². The van der Waals surface area contributed by atoms with Gasteiger partial charge in [-0.05, 0) is 64.2 Å². The zero-order chi connectivity index (χ0) is 17.5. The van der Waals surface area contributed by atoms with E-state index in [0.717, 1.165) is 37.1 Å². The Hall–Kier alpha value is -1.75. The van der Waals surface area contributed by atoms with E-state index in [1.165, 1.54) is 0 Å². The van der Waals surface area contributed by atoms with E-state index in [1.807, 2.05) is 49.9 Å². The Balaban J connectivity index is 1.94. The van der Waals surface area contributed by atoms with E-state index in [9.17, 15) is 9.90 Å². The van der Waals surface area contributed by atoms with E-state index in [2.05, 4.69) is 5.32 Å². The maximum atomic E-state index is 12.6. The number of ether oxygens (including phenoxy) is 1. The Morgan fingerprint density at radius 2 is 2.00 bits per heavy atom. The van der Waals surface area contributed by atoms with Gasteiger partial charge >= 0.3 is 6.03 Å². The number of amides is 2. The molecule has 134 valence electrons. The lowest BCUT2D eigenvalue weighted by Gasteiger charge is -2.36. The topological polar surface area (TPSA) is 61.8 Å². The zero-order valence-electron chi connectivity index (χ0n) is 15.0. The van der Waals surface area contributed by atoms with Gasteiger partial charge in [-0.25, -0.2) is 4.79 Å². The highest BCUT2D eigenvalue weighted by molar-refractivity contribution is 5.75. The molecule has 1 aromatic carbocycles. The van der Waals surface area contributed by atoms with Crippen molar-refractivity contribution >= 4 is 6.03 Å². The zero-order valence-corrected chi connectivity index (χ0v) is 15.0. The number of nitrogens with zero attached hydrogens (tertiary/aromatic N) is 1. The molecule has 1 saturated heterocycles. The molecule has 0 aliphatic carbocycles. The molecule has 5 heteroatoms. The molecule has 0 bridgehead atoms. The van der Waals surface area contributed by atoms with Gasteiger partial charge in [-0.3, -0.25) is 0 Å². The van der Waals surface area contributed by atoms with E-state index in [1.54, 1.807) is 0 Å². The number of aliphatic hydroxyl groups is 1. The van der Waals surface area contributed by atoms with Gasteiger partial charge in [0, 0.05) is 19.2 Å². The molecule has 5 nitrogen and oxygen atoms in total. The van der Waals surface area contributed by atoms with Crippen molar-refractivity contribution in [2.45, 2.75) is 64.6 Å². The molecule has 1 aromatic rings. The predicted octanol–water partition coefficient (Wildman–Crippen LogP) is 3.48. The van der Waals surface area contributed by atoms with Crippen molar-refractivity contribution in [2.24, 2.45) is 0 Å². The van der Waals surface area contributed by atoms with Crippen LogP contribution in [-0.2, 0) is 0 Å². The summed E-state index contributed by atoms with van der Waals surface area (Å²) in [6.45, 7) is 6.88. The molecule has 1 fully saturated rings.